The van der Waals surface area contributed by atoms with Crippen LogP contribution >= 0.6 is 0 Å². The molecule has 2 aromatic carbocycles. The number of aliphatic hydroxyl groups excluding tert-OH is 1. The van der Waals surface area contributed by atoms with Crippen molar-refractivity contribution in [2.24, 2.45) is 0 Å². The van der Waals surface area contributed by atoms with Gasteiger partial charge in [-0.2, -0.15) is 0 Å². The van der Waals surface area contributed by atoms with E-state index in [1.54, 1.807) is 13.2 Å². The fraction of sp³-hybridized carbons (Fsp3) is 0.182. The monoisotopic (exact) mass is 363 g/mol. The number of rotatable bonds is 7. The van der Waals surface area contributed by atoms with Crippen LogP contribution in [0.2, 0.25) is 0 Å². The van der Waals surface area contributed by atoms with Gasteiger partial charge in [-0.25, -0.2) is 0 Å². The van der Waals surface area contributed by atoms with Crippen molar-refractivity contribution in [3.63, 3.8) is 0 Å². The van der Waals surface area contributed by atoms with Gasteiger partial charge in [0.25, 0.3) is 5.91 Å². The third-order valence-electron chi connectivity index (χ3n) is 4.45. The van der Waals surface area contributed by atoms with Crippen LogP contribution in [0.5, 0.6) is 0 Å². The average molecular weight is 363 g/mol. The Morgan fingerprint density at radius 1 is 1.11 bits per heavy atom. The van der Waals surface area contributed by atoms with Crippen molar-refractivity contribution in [2.45, 2.75) is 6.04 Å². The highest BCUT2D eigenvalue weighted by atomic mass is 16.5. The molecule has 138 valence electrons. The molecular weight excluding hydrogens is 342 g/mol. The van der Waals surface area contributed by atoms with E-state index in [-0.39, 0.29) is 12.1 Å². The fourth-order valence-corrected chi connectivity index (χ4v) is 3.13. The van der Waals surface area contributed by atoms with Gasteiger partial charge in [0.1, 0.15) is 0 Å². The fourth-order valence-electron chi connectivity index (χ4n) is 3.13. The topological polar surface area (TPSA) is 66.8 Å². The molecule has 0 bridgehead atoms. The zero-order valence-electron chi connectivity index (χ0n) is 15.0. The first-order valence-corrected chi connectivity index (χ1v) is 8.69. The number of methoxy groups -OCH3 is 1. The maximum Gasteiger partial charge on any atom is 0.290 e. The molecule has 1 N–H and O–H groups in total. The second-order valence-electron chi connectivity index (χ2n) is 6.18. The maximum atomic E-state index is 12.9. The summed E-state index contributed by atoms with van der Waals surface area (Å²) in [6.07, 6.45) is 3.07. The molecule has 2 aromatic rings. The minimum absolute atomic E-state index is 0.0921. The zero-order valence-corrected chi connectivity index (χ0v) is 15.0. The summed E-state index contributed by atoms with van der Waals surface area (Å²) in [6, 6.07) is 18.0. The molecule has 1 unspecified atom stereocenters. The molecule has 27 heavy (non-hydrogen) atoms. The van der Waals surface area contributed by atoms with Crippen LogP contribution in [0.15, 0.2) is 78.1 Å². The van der Waals surface area contributed by atoms with E-state index in [0.29, 0.717) is 6.61 Å². The first-order valence-electron chi connectivity index (χ1n) is 8.69. The van der Waals surface area contributed by atoms with Gasteiger partial charge in [0.05, 0.1) is 18.2 Å². The lowest BCUT2D eigenvalue weighted by Gasteiger charge is -2.26. The zero-order chi connectivity index (χ0) is 19.2. The number of allylic oxidation sites excluding steroid dienone is 1. The smallest absolute Gasteiger partial charge is 0.290 e. The van der Waals surface area contributed by atoms with E-state index in [4.69, 9.17) is 4.74 Å². The third kappa shape index (κ3) is 3.99. The minimum atomic E-state index is -0.637. The molecule has 1 heterocycles. The summed E-state index contributed by atoms with van der Waals surface area (Å²) in [6.45, 7) is 0.585. The number of ketones is 1. The van der Waals surface area contributed by atoms with E-state index in [2.05, 4.69) is 0 Å². The van der Waals surface area contributed by atoms with Crippen LogP contribution in [0.25, 0.3) is 6.08 Å². The Labute approximate surface area is 158 Å². The Bertz CT molecular complexity index is 872. The average Bonchev–Trinajstić information content (AvgIpc) is 2.96. The highest BCUT2D eigenvalue weighted by molar-refractivity contribution is 6.14. The van der Waals surface area contributed by atoms with Gasteiger partial charge < -0.3 is 14.7 Å². The molecule has 5 nitrogen and oxygen atoms in total. The predicted molar refractivity (Wildman–Crippen MR) is 103 cm³/mol. The lowest BCUT2D eigenvalue weighted by Crippen LogP contribution is -2.33. The Morgan fingerprint density at radius 3 is 2.37 bits per heavy atom. The van der Waals surface area contributed by atoms with Gasteiger partial charge in [-0.15, -0.1) is 0 Å². The van der Waals surface area contributed by atoms with Gasteiger partial charge in [0.2, 0.25) is 0 Å². The number of hydrogen-bond donors (Lipinski definition) is 1. The number of carbonyl (C=O) groups excluding carboxylic acids is 2. The summed E-state index contributed by atoms with van der Waals surface area (Å²) in [5.41, 5.74) is 1.72. The molecule has 0 saturated carbocycles. The van der Waals surface area contributed by atoms with E-state index >= 15 is 0 Å². The largest absolute Gasteiger partial charge is 0.503 e. The normalized spacial score (nSPS) is 17.1. The van der Waals surface area contributed by atoms with Crippen molar-refractivity contribution in [3.8, 4) is 0 Å². The SMILES string of the molecule is COCCN1C(=O)C(O)=C(C(=O)C=Cc2ccccc2)C1c1ccccc1. The summed E-state index contributed by atoms with van der Waals surface area (Å²) in [5, 5.41) is 10.4. The Kier molecular flexibility index (Phi) is 5.84. The van der Waals surface area contributed by atoms with Gasteiger partial charge in [-0.3, -0.25) is 9.59 Å². The van der Waals surface area contributed by atoms with Crippen LogP contribution in [0.3, 0.4) is 0 Å². The van der Waals surface area contributed by atoms with E-state index in [0.717, 1.165) is 11.1 Å². The minimum Gasteiger partial charge on any atom is -0.503 e. The molecule has 1 amide bonds. The van der Waals surface area contributed by atoms with Crippen LogP contribution in [0, 0.1) is 0 Å². The quantitative estimate of drug-likeness (QED) is 0.767. The first kappa shape index (κ1) is 18.6. The number of benzene rings is 2. The Morgan fingerprint density at radius 2 is 1.74 bits per heavy atom. The van der Waals surface area contributed by atoms with Crippen molar-refractivity contribution in [3.05, 3.63) is 89.2 Å². The van der Waals surface area contributed by atoms with E-state index in [9.17, 15) is 14.7 Å². The predicted octanol–water partition coefficient (Wildman–Crippen LogP) is 3.31. The van der Waals surface area contributed by atoms with Crippen LogP contribution in [-0.2, 0) is 14.3 Å². The summed E-state index contributed by atoms with van der Waals surface area (Å²) in [5.74, 6) is -1.45. The molecule has 5 heteroatoms. The summed E-state index contributed by atoms with van der Waals surface area (Å²) >= 11 is 0. The van der Waals surface area contributed by atoms with Gasteiger partial charge in [-0.1, -0.05) is 66.7 Å². The lowest BCUT2D eigenvalue weighted by atomic mass is 9.95. The number of hydrogen-bond acceptors (Lipinski definition) is 4. The molecule has 3 rings (SSSR count). The van der Waals surface area contributed by atoms with Crippen LogP contribution in [-0.4, -0.2) is 42.0 Å². The molecule has 0 spiro atoms. The van der Waals surface area contributed by atoms with Crippen LogP contribution in [0.1, 0.15) is 17.2 Å². The lowest BCUT2D eigenvalue weighted by molar-refractivity contribution is -0.130. The summed E-state index contributed by atoms with van der Waals surface area (Å²) < 4.78 is 5.08. The number of ether oxygens (including phenoxy) is 1. The molecule has 0 aromatic heterocycles. The highest BCUT2D eigenvalue weighted by Gasteiger charge is 2.42. The number of aliphatic hydroxyl groups is 1. The van der Waals surface area contributed by atoms with E-state index in [1.165, 1.54) is 11.0 Å². The van der Waals surface area contributed by atoms with Crippen molar-refractivity contribution in [1.29, 1.82) is 0 Å². The van der Waals surface area contributed by atoms with Gasteiger partial charge in [0, 0.05) is 13.7 Å². The van der Waals surface area contributed by atoms with E-state index < -0.39 is 23.5 Å². The second-order valence-corrected chi connectivity index (χ2v) is 6.18. The molecule has 0 fully saturated rings. The molecule has 0 saturated heterocycles. The van der Waals surface area contributed by atoms with Gasteiger partial charge in [0.15, 0.2) is 11.5 Å². The number of nitrogens with zero attached hydrogens (tertiary/aromatic N) is 1. The maximum absolute atomic E-state index is 12.9. The summed E-state index contributed by atoms with van der Waals surface area (Å²) in [4.78, 5) is 26.9. The standard InChI is InChI=1S/C22H21NO4/c1-27-15-14-23-20(17-10-6-3-7-11-17)19(21(25)22(23)26)18(24)13-12-16-8-4-2-5-9-16/h2-13,20,25H,14-15H2,1H3. The first-order chi connectivity index (χ1) is 13.1. The highest BCUT2D eigenvalue weighted by Crippen LogP contribution is 2.37. The second kappa shape index (κ2) is 8.47. The van der Waals surface area contributed by atoms with Crippen LogP contribution in [0.4, 0.5) is 0 Å². The Hall–Kier alpha value is -3.18. The van der Waals surface area contributed by atoms with E-state index in [1.807, 2.05) is 60.7 Å². The van der Waals surface area contributed by atoms with Gasteiger partial charge in [-0.05, 0) is 17.2 Å². The van der Waals surface area contributed by atoms with Crippen molar-refractivity contribution < 1.29 is 19.4 Å². The van der Waals surface area contributed by atoms with Crippen molar-refractivity contribution >= 4 is 17.8 Å². The molecule has 0 aliphatic carbocycles. The van der Waals surface area contributed by atoms with Crippen LogP contribution < -0.4 is 0 Å². The molecule has 0 radical (unpaired) electrons. The number of carbonyl (C=O) groups is 2. The number of amides is 1. The molecule has 1 atom stereocenters. The molecule has 1 aliphatic rings. The van der Waals surface area contributed by atoms with Gasteiger partial charge >= 0.3 is 0 Å². The third-order valence-corrected chi connectivity index (χ3v) is 4.45. The Balaban J connectivity index is 1.95. The van der Waals surface area contributed by atoms with Crippen molar-refractivity contribution in [1.82, 2.24) is 4.90 Å². The summed E-state index contributed by atoms with van der Waals surface area (Å²) in [7, 11) is 1.54. The van der Waals surface area contributed by atoms with Crippen molar-refractivity contribution in [2.75, 3.05) is 20.3 Å². The molecule has 1 aliphatic heterocycles. The molecular formula is C22H21NO4.